The van der Waals surface area contributed by atoms with E-state index >= 15 is 0 Å². The molecule has 0 aromatic rings. The van der Waals surface area contributed by atoms with Crippen LogP contribution in [-0.4, -0.2) is 95.4 Å². The lowest BCUT2D eigenvalue weighted by Crippen LogP contribution is -2.35. The van der Waals surface area contributed by atoms with E-state index in [2.05, 4.69) is 4.74 Å². The van der Waals surface area contributed by atoms with Gasteiger partial charge >= 0.3 is 11.9 Å². The third-order valence-corrected chi connectivity index (χ3v) is 2.92. The number of aliphatic hydroxyl groups excluding tert-OH is 5. The van der Waals surface area contributed by atoms with Gasteiger partial charge in [0, 0.05) is 5.41 Å². The zero-order chi connectivity index (χ0) is 18.8. The summed E-state index contributed by atoms with van der Waals surface area (Å²) in [7, 11) is 0. The molecule has 10 nitrogen and oxygen atoms in total. The van der Waals surface area contributed by atoms with E-state index in [9.17, 15) is 9.59 Å². The molecule has 0 aromatic carbocycles. The zero-order valence-corrected chi connectivity index (χ0v) is 13.6. The van der Waals surface area contributed by atoms with E-state index in [1.807, 2.05) is 0 Å². The first-order valence-corrected chi connectivity index (χ1v) is 7.40. The first-order chi connectivity index (χ1) is 11.4. The molecule has 0 radical (unpaired) electrons. The minimum absolute atomic E-state index is 0.0278. The van der Waals surface area contributed by atoms with Crippen LogP contribution in [0.2, 0.25) is 0 Å². The van der Waals surface area contributed by atoms with Gasteiger partial charge in [-0.25, -0.2) is 0 Å². The van der Waals surface area contributed by atoms with Gasteiger partial charge in [0.05, 0.1) is 65.7 Å². The molecule has 6 N–H and O–H groups in total. The number of esters is 1. The van der Waals surface area contributed by atoms with Gasteiger partial charge in [0.15, 0.2) is 0 Å². The maximum Gasteiger partial charge on any atom is 0.306 e. The van der Waals surface area contributed by atoms with Gasteiger partial charge in [-0.15, -0.1) is 0 Å². The highest BCUT2D eigenvalue weighted by molar-refractivity contribution is 5.76. The standard InChI is InChI=1S/C10H18O7.C4H10O3/c11-5-10(6-12,7-13)3-4-17-9(16)2-1-8(14)15;5-1-3-7-4-2-6/h11-13H,1-7H2,(H,14,15);5-6H,1-4H2. The van der Waals surface area contributed by atoms with Gasteiger partial charge < -0.3 is 40.1 Å². The summed E-state index contributed by atoms with van der Waals surface area (Å²) in [5, 5.41) is 51.4. The highest BCUT2D eigenvalue weighted by atomic mass is 16.5. The number of aliphatic hydroxyl groups is 5. The fraction of sp³-hybridized carbons (Fsp3) is 0.857. The van der Waals surface area contributed by atoms with Crippen molar-refractivity contribution in [3.05, 3.63) is 0 Å². The van der Waals surface area contributed by atoms with Crippen molar-refractivity contribution in [2.75, 3.05) is 52.9 Å². The van der Waals surface area contributed by atoms with Crippen LogP contribution < -0.4 is 0 Å². The first-order valence-electron chi connectivity index (χ1n) is 7.40. The predicted octanol–water partition coefficient (Wildman–Crippen LogP) is -2.26. The molecule has 0 amide bonds. The second kappa shape index (κ2) is 16.6. The summed E-state index contributed by atoms with van der Waals surface area (Å²) in [6.07, 6.45) is -0.418. The minimum atomic E-state index is -1.09. The molecule has 0 bridgehead atoms. The Morgan fingerprint density at radius 2 is 1.29 bits per heavy atom. The van der Waals surface area contributed by atoms with Gasteiger partial charge in [-0.3, -0.25) is 9.59 Å². The Morgan fingerprint density at radius 1 is 0.792 bits per heavy atom. The van der Waals surface area contributed by atoms with E-state index in [0.29, 0.717) is 13.2 Å². The molecule has 0 saturated carbocycles. The highest BCUT2D eigenvalue weighted by Crippen LogP contribution is 2.19. The predicted molar refractivity (Wildman–Crippen MR) is 81.1 cm³/mol. The fourth-order valence-corrected chi connectivity index (χ4v) is 1.28. The molecule has 0 aliphatic heterocycles. The van der Waals surface area contributed by atoms with Gasteiger partial charge in [-0.2, -0.15) is 0 Å². The van der Waals surface area contributed by atoms with E-state index in [0.717, 1.165) is 0 Å². The Kier molecular flexibility index (Phi) is 17.2. The molecule has 0 saturated heterocycles. The molecule has 0 unspecified atom stereocenters. The molecular weight excluding hydrogens is 328 g/mol. The van der Waals surface area contributed by atoms with Crippen LogP contribution in [0.5, 0.6) is 0 Å². The molecule has 0 heterocycles. The lowest BCUT2D eigenvalue weighted by molar-refractivity contribution is -0.149. The molecule has 0 spiro atoms. The molecular formula is C14H28O10. The van der Waals surface area contributed by atoms with Crippen molar-refractivity contribution in [3.8, 4) is 0 Å². The van der Waals surface area contributed by atoms with Crippen molar-refractivity contribution in [1.29, 1.82) is 0 Å². The van der Waals surface area contributed by atoms with Crippen molar-refractivity contribution in [3.63, 3.8) is 0 Å². The molecule has 144 valence electrons. The van der Waals surface area contributed by atoms with Gasteiger partial charge in [0.1, 0.15) is 0 Å². The average Bonchev–Trinajstić information content (AvgIpc) is 2.58. The second-order valence-corrected chi connectivity index (χ2v) is 4.90. The Hall–Kier alpha value is -1.30. The topological polar surface area (TPSA) is 174 Å². The Morgan fingerprint density at radius 3 is 1.67 bits per heavy atom. The highest BCUT2D eigenvalue weighted by Gasteiger charge is 2.28. The number of carboxylic acids is 1. The van der Waals surface area contributed by atoms with Gasteiger partial charge in [-0.05, 0) is 6.42 Å². The molecule has 0 fully saturated rings. The lowest BCUT2D eigenvalue weighted by atomic mass is 9.88. The summed E-state index contributed by atoms with van der Waals surface area (Å²) < 4.78 is 9.35. The van der Waals surface area contributed by atoms with Crippen molar-refractivity contribution in [1.82, 2.24) is 0 Å². The second-order valence-electron chi connectivity index (χ2n) is 4.90. The molecule has 0 aromatic heterocycles. The van der Waals surface area contributed by atoms with Crippen LogP contribution in [0.25, 0.3) is 0 Å². The number of ether oxygens (including phenoxy) is 2. The van der Waals surface area contributed by atoms with Crippen molar-refractivity contribution in [2.45, 2.75) is 19.3 Å². The molecule has 0 atom stereocenters. The number of carboxylic acid groups (broad SMARTS) is 1. The molecule has 0 rings (SSSR count). The van der Waals surface area contributed by atoms with Gasteiger partial charge in [-0.1, -0.05) is 0 Å². The van der Waals surface area contributed by atoms with Crippen LogP contribution in [0.1, 0.15) is 19.3 Å². The van der Waals surface area contributed by atoms with E-state index in [1.54, 1.807) is 0 Å². The quantitative estimate of drug-likeness (QED) is 0.156. The molecule has 24 heavy (non-hydrogen) atoms. The Balaban J connectivity index is 0. The Labute approximate surface area is 140 Å². The molecule has 0 aliphatic carbocycles. The normalized spacial score (nSPS) is 10.7. The van der Waals surface area contributed by atoms with Crippen LogP contribution in [0, 0.1) is 5.41 Å². The van der Waals surface area contributed by atoms with Gasteiger partial charge in [0.2, 0.25) is 0 Å². The van der Waals surface area contributed by atoms with E-state index < -0.39 is 37.2 Å². The van der Waals surface area contributed by atoms with E-state index in [1.165, 1.54) is 0 Å². The smallest absolute Gasteiger partial charge is 0.306 e. The van der Waals surface area contributed by atoms with Crippen molar-refractivity contribution < 1.29 is 49.7 Å². The number of carbonyl (C=O) groups excluding carboxylic acids is 1. The van der Waals surface area contributed by atoms with Crippen LogP contribution in [0.15, 0.2) is 0 Å². The van der Waals surface area contributed by atoms with Crippen LogP contribution in [0.4, 0.5) is 0 Å². The van der Waals surface area contributed by atoms with Crippen LogP contribution in [0.3, 0.4) is 0 Å². The summed E-state index contributed by atoms with van der Waals surface area (Å²) in [4.78, 5) is 21.2. The van der Waals surface area contributed by atoms with Crippen molar-refractivity contribution in [2.24, 2.45) is 5.41 Å². The first kappa shape index (κ1) is 24.9. The summed E-state index contributed by atoms with van der Waals surface area (Å²) in [6.45, 7) is -0.659. The van der Waals surface area contributed by atoms with Crippen LogP contribution in [-0.2, 0) is 19.1 Å². The fourth-order valence-electron chi connectivity index (χ4n) is 1.28. The van der Waals surface area contributed by atoms with Crippen LogP contribution >= 0.6 is 0 Å². The monoisotopic (exact) mass is 356 g/mol. The lowest BCUT2D eigenvalue weighted by Gasteiger charge is -2.26. The van der Waals surface area contributed by atoms with Gasteiger partial charge in [0.25, 0.3) is 0 Å². The van der Waals surface area contributed by atoms with Crippen molar-refractivity contribution >= 4 is 11.9 Å². The maximum atomic E-state index is 11.0. The summed E-state index contributed by atoms with van der Waals surface area (Å²) in [5.74, 6) is -1.74. The summed E-state index contributed by atoms with van der Waals surface area (Å²) in [5.41, 5.74) is -1.08. The Bertz CT molecular complexity index is 304. The number of hydrogen-bond acceptors (Lipinski definition) is 9. The SMILES string of the molecule is O=C(O)CCC(=O)OCCC(CO)(CO)CO.OCCOCCO. The minimum Gasteiger partial charge on any atom is -0.481 e. The zero-order valence-electron chi connectivity index (χ0n) is 13.6. The third-order valence-electron chi connectivity index (χ3n) is 2.92. The number of carbonyl (C=O) groups is 2. The molecule has 10 heteroatoms. The number of rotatable bonds is 13. The van der Waals surface area contributed by atoms with E-state index in [-0.39, 0.29) is 39.1 Å². The molecule has 0 aliphatic rings. The largest absolute Gasteiger partial charge is 0.481 e. The third kappa shape index (κ3) is 14.3. The number of aliphatic carboxylic acids is 1. The summed E-state index contributed by atoms with van der Waals surface area (Å²) in [6, 6.07) is 0. The number of hydrogen-bond donors (Lipinski definition) is 6. The van der Waals surface area contributed by atoms with E-state index in [4.69, 9.17) is 35.4 Å². The average molecular weight is 356 g/mol. The maximum absolute atomic E-state index is 11.0. The summed E-state index contributed by atoms with van der Waals surface area (Å²) >= 11 is 0.